The summed E-state index contributed by atoms with van der Waals surface area (Å²) in [6, 6.07) is 4.91. The lowest BCUT2D eigenvalue weighted by Crippen LogP contribution is -2.39. The lowest BCUT2D eigenvalue weighted by molar-refractivity contribution is 0.0395. The van der Waals surface area contributed by atoms with Gasteiger partial charge in [0.05, 0.1) is 11.1 Å². The predicted molar refractivity (Wildman–Crippen MR) is 91.6 cm³/mol. The summed E-state index contributed by atoms with van der Waals surface area (Å²) in [5.74, 6) is 0.448. The van der Waals surface area contributed by atoms with E-state index in [-0.39, 0.29) is 11.9 Å². The second kappa shape index (κ2) is 6.98. The van der Waals surface area contributed by atoms with E-state index in [9.17, 15) is 4.39 Å². The highest BCUT2D eigenvalue weighted by atomic mass is 79.9. The first kappa shape index (κ1) is 16.4. The Labute approximate surface area is 147 Å². The van der Waals surface area contributed by atoms with Gasteiger partial charge in [-0.1, -0.05) is 17.7 Å². The number of morpholine rings is 1. The van der Waals surface area contributed by atoms with Crippen molar-refractivity contribution >= 4 is 39.0 Å². The molecule has 0 radical (unpaired) electrons. The summed E-state index contributed by atoms with van der Waals surface area (Å²) in [5, 5.41) is 3.42. The van der Waals surface area contributed by atoms with Crippen LogP contribution in [0.5, 0.6) is 0 Å². The Hall–Kier alpha value is -1.44. The van der Waals surface area contributed by atoms with E-state index in [1.165, 1.54) is 12.4 Å². The molecule has 23 heavy (non-hydrogen) atoms. The fourth-order valence-electron chi connectivity index (χ4n) is 2.57. The Bertz CT molecular complexity index is 718. The van der Waals surface area contributed by atoms with E-state index in [1.54, 1.807) is 19.2 Å². The van der Waals surface area contributed by atoms with Crippen LogP contribution in [0.2, 0.25) is 5.15 Å². The number of ether oxygens (including phenoxy) is 1. The molecule has 0 bridgehead atoms. The van der Waals surface area contributed by atoms with Gasteiger partial charge in [-0.05, 0) is 33.6 Å². The molecule has 1 N–H and O–H groups in total. The largest absolute Gasteiger partial charge is 0.383 e. The first-order chi connectivity index (χ1) is 11.1. The summed E-state index contributed by atoms with van der Waals surface area (Å²) in [6.45, 7) is 1.84. The second-order valence-electron chi connectivity index (χ2n) is 5.09. The molecule has 1 aliphatic rings. The van der Waals surface area contributed by atoms with E-state index in [0.29, 0.717) is 35.0 Å². The normalized spacial score (nSPS) is 18.1. The Morgan fingerprint density at radius 2 is 2.26 bits per heavy atom. The van der Waals surface area contributed by atoms with Crippen molar-refractivity contribution in [2.24, 2.45) is 0 Å². The molecule has 122 valence electrons. The third kappa shape index (κ3) is 3.41. The third-order valence-electron chi connectivity index (χ3n) is 3.71. The quantitative estimate of drug-likeness (QED) is 0.796. The molecule has 5 nitrogen and oxygen atoms in total. The zero-order chi connectivity index (χ0) is 16.4. The molecule has 2 aromatic rings. The number of hydrogen-bond acceptors (Lipinski definition) is 5. The lowest BCUT2D eigenvalue weighted by Gasteiger charge is -2.34. The average Bonchev–Trinajstić information content (AvgIpc) is 2.57. The maximum atomic E-state index is 13.4. The number of benzene rings is 1. The van der Waals surface area contributed by atoms with Crippen molar-refractivity contribution in [2.45, 2.75) is 6.10 Å². The zero-order valence-electron chi connectivity index (χ0n) is 12.4. The number of rotatable bonds is 3. The first-order valence-corrected chi connectivity index (χ1v) is 8.27. The molecule has 0 amide bonds. The number of hydrogen-bond donors (Lipinski definition) is 1. The molecule has 0 aliphatic carbocycles. The fraction of sp³-hybridized carbons (Fsp3) is 0.333. The van der Waals surface area contributed by atoms with Crippen LogP contribution in [-0.4, -0.2) is 36.7 Å². The Morgan fingerprint density at radius 3 is 3.00 bits per heavy atom. The standard InChI is InChI=1S/C15H15BrClFN4O/c1-19-13-14(17)20-8-21-15(13)22-4-5-23-12(7-22)9-2-3-11(18)10(16)6-9/h2-3,6,8,12,19H,4-5,7H2,1H3. The van der Waals surface area contributed by atoms with E-state index in [0.717, 1.165) is 11.4 Å². The Balaban J connectivity index is 1.86. The van der Waals surface area contributed by atoms with Crippen LogP contribution in [0.1, 0.15) is 11.7 Å². The van der Waals surface area contributed by atoms with Crippen LogP contribution in [0.4, 0.5) is 15.9 Å². The van der Waals surface area contributed by atoms with Gasteiger partial charge >= 0.3 is 0 Å². The fourth-order valence-corrected chi connectivity index (χ4v) is 3.19. The van der Waals surface area contributed by atoms with Gasteiger partial charge in [-0.3, -0.25) is 0 Å². The van der Waals surface area contributed by atoms with Gasteiger partial charge in [0.15, 0.2) is 11.0 Å². The van der Waals surface area contributed by atoms with Crippen LogP contribution in [0.15, 0.2) is 29.0 Å². The Kier molecular flexibility index (Phi) is 4.99. The Morgan fingerprint density at radius 1 is 1.43 bits per heavy atom. The summed E-state index contributed by atoms with van der Waals surface area (Å²) in [6.07, 6.45) is 1.27. The highest BCUT2D eigenvalue weighted by Crippen LogP contribution is 2.33. The highest BCUT2D eigenvalue weighted by Gasteiger charge is 2.26. The SMILES string of the molecule is CNc1c(Cl)ncnc1N1CCOC(c2ccc(F)c(Br)c2)C1. The first-order valence-electron chi connectivity index (χ1n) is 7.10. The second-order valence-corrected chi connectivity index (χ2v) is 6.30. The van der Waals surface area contributed by atoms with Crippen LogP contribution in [0, 0.1) is 5.82 Å². The van der Waals surface area contributed by atoms with E-state index < -0.39 is 0 Å². The number of halogens is 3. The van der Waals surface area contributed by atoms with Crippen molar-refractivity contribution < 1.29 is 9.13 Å². The van der Waals surface area contributed by atoms with E-state index >= 15 is 0 Å². The van der Waals surface area contributed by atoms with Gasteiger partial charge < -0.3 is 15.0 Å². The molecular formula is C15H15BrClFN4O. The number of anilines is 2. The zero-order valence-corrected chi connectivity index (χ0v) is 14.7. The van der Waals surface area contributed by atoms with E-state index in [1.807, 2.05) is 0 Å². The van der Waals surface area contributed by atoms with Gasteiger partial charge in [0.25, 0.3) is 0 Å². The minimum absolute atomic E-state index is 0.168. The number of nitrogens with zero attached hydrogens (tertiary/aromatic N) is 3. The predicted octanol–water partition coefficient (Wildman–Crippen LogP) is 3.65. The van der Waals surface area contributed by atoms with Crippen molar-refractivity contribution in [2.75, 3.05) is 37.0 Å². The molecule has 1 aromatic carbocycles. The maximum absolute atomic E-state index is 13.4. The van der Waals surface area contributed by atoms with Crippen molar-refractivity contribution in [3.8, 4) is 0 Å². The molecule has 1 fully saturated rings. The molecule has 3 rings (SSSR count). The molecule has 1 aliphatic heterocycles. The molecule has 0 saturated carbocycles. The summed E-state index contributed by atoms with van der Waals surface area (Å²) < 4.78 is 19.7. The lowest BCUT2D eigenvalue weighted by atomic mass is 10.1. The van der Waals surface area contributed by atoms with Gasteiger partial charge in [-0.2, -0.15) is 0 Å². The molecule has 0 spiro atoms. The molecule has 1 saturated heterocycles. The number of nitrogens with one attached hydrogen (secondary N) is 1. The average molecular weight is 402 g/mol. The molecule has 8 heteroatoms. The summed E-state index contributed by atoms with van der Waals surface area (Å²) in [5.41, 5.74) is 1.60. The molecule has 1 unspecified atom stereocenters. The molecule has 1 atom stereocenters. The van der Waals surface area contributed by atoms with Crippen molar-refractivity contribution in [3.63, 3.8) is 0 Å². The van der Waals surface area contributed by atoms with Gasteiger partial charge in [0.1, 0.15) is 23.9 Å². The van der Waals surface area contributed by atoms with Gasteiger partial charge in [0.2, 0.25) is 0 Å². The maximum Gasteiger partial charge on any atom is 0.157 e. The number of aromatic nitrogens is 2. The van der Waals surface area contributed by atoms with Gasteiger partial charge in [0, 0.05) is 20.1 Å². The minimum atomic E-state index is -0.290. The summed E-state index contributed by atoms with van der Waals surface area (Å²) in [7, 11) is 1.78. The molecule has 2 heterocycles. The third-order valence-corrected chi connectivity index (χ3v) is 4.61. The minimum Gasteiger partial charge on any atom is -0.383 e. The van der Waals surface area contributed by atoms with Gasteiger partial charge in [-0.25, -0.2) is 14.4 Å². The summed E-state index contributed by atoms with van der Waals surface area (Å²) in [4.78, 5) is 10.4. The van der Waals surface area contributed by atoms with Crippen LogP contribution in [0.3, 0.4) is 0 Å². The van der Waals surface area contributed by atoms with Crippen LogP contribution >= 0.6 is 27.5 Å². The van der Waals surface area contributed by atoms with Crippen LogP contribution < -0.4 is 10.2 Å². The van der Waals surface area contributed by atoms with E-state index in [4.69, 9.17) is 16.3 Å². The highest BCUT2D eigenvalue weighted by molar-refractivity contribution is 9.10. The smallest absolute Gasteiger partial charge is 0.157 e. The van der Waals surface area contributed by atoms with Crippen molar-refractivity contribution in [1.29, 1.82) is 0 Å². The molecular weight excluding hydrogens is 387 g/mol. The van der Waals surface area contributed by atoms with Crippen LogP contribution in [-0.2, 0) is 4.74 Å². The topological polar surface area (TPSA) is 50.3 Å². The van der Waals surface area contributed by atoms with Crippen molar-refractivity contribution in [1.82, 2.24) is 9.97 Å². The van der Waals surface area contributed by atoms with Crippen molar-refractivity contribution in [3.05, 3.63) is 45.5 Å². The van der Waals surface area contributed by atoms with Crippen LogP contribution in [0.25, 0.3) is 0 Å². The summed E-state index contributed by atoms with van der Waals surface area (Å²) >= 11 is 9.33. The van der Waals surface area contributed by atoms with E-state index in [2.05, 4.69) is 36.1 Å². The molecule has 1 aromatic heterocycles. The van der Waals surface area contributed by atoms with Gasteiger partial charge in [-0.15, -0.1) is 0 Å². The monoisotopic (exact) mass is 400 g/mol.